The molecule has 0 N–H and O–H groups in total. The van der Waals surface area contributed by atoms with Crippen molar-refractivity contribution in [3.8, 4) is 0 Å². The molecule has 1 aromatic rings. The average Bonchev–Trinajstić information content (AvgIpc) is 2.42. The second kappa shape index (κ2) is 9.22. The van der Waals surface area contributed by atoms with Crippen LogP contribution in [-0.4, -0.2) is 37.1 Å². The highest BCUT2D eigenvalue weighted by Gasteiger charge is 2.11. The summed E-state index contributed by atoms with van der Waals surface area (Å²) in [7, 11) is 0. The smallest absolute Gasteiger partial charge is 0.339 e. The van der Waals surface area contributed by atoms with Gasteiger partial charge in [-0.05, 0) is 50.7 Å². The molecule has 0 saturated heterocycles. The first-order valence-corrected chi connectivity index (χ1v) is 7.68. The number of esters is 1. The summed E-state index contributed by atoms with van der Waals surface area (Å²) >= 11 is 11.7. The number of carbonyl (C=O) groups excluding carboxylic acids is 1. The second-order valence-corrected chi connectivity index (χ2v) is 5.34. The van der Waals surface area contributed by atoms with Crippen LogP contribution in [0.3, 0.4) is 0 Å². The lowest BCUT2D eigenvalue weighted by Crippen LogP contribution is -2.24. The highest BCUT2D eigenvalue weighted by atomic mass is 35.5. The largest absolute Gasteiger partial charge is 0.462 e. The molecule has 1 rings (SSSR count). The van der Waals surface area contributed by atoms with Gasteiger partial charge in [0.25, 0.3) is 0 Å². The van der Waals surface area contributed by atoms with Crippen molar-refractivity contribution in [3.63, 3.8) is 0 Å². The first kappa shape index (κ1) is 17.3. The fraction of sp³-hybridized carbons (Fsp3) is 0.533. The molecule has 112 valence electrons. The van der Waals surface area contributed by atoms with Crippen LogP contribution in [0.5, 0.6) is 0 Å². The molecule has 5 heteroatoms. The Morgan fingerprint density at radius 2 is 1.90 bits per heavy atom. The van der Waals surface area contributed by atoms with Crippen LogP contribution < -0.4 is 0 Å². The van der Waals surface area contributed by atoms with Crippen LogP contribution in [0, 0.1) is 0 Å². The van der Waals surface area contributed by atoms with Gasteiger partial charge in [0, 0.05) is 5.02 Å². The molecular formula is C15H21Cl2NO2. The number of hydrogen-bond acceptors (Lipinski definition) is 3. The maximum Gasteiger partial charge on any atom is 0.339 e. The van der Waals surface area contributed by atoms with Crippen LogP contribution in [0.25, 0.3) is 0 Å². The van der Waals surface area contributed by atoms with E-state index in [1.807, 2.05) is 0 Å². The molecule has 0 radical (unpaired) electrons. The molecule has 0 spiro atoms. The third kappa shape index (κ3) is 5.70. The quantitative estimate of drug-likeness (QED) is 0.529. The third-order valence-electron chi connectivity index (χ3n) is 3.15. The minimum absolute atomic E-state index is 0.325. The Balaban J connectivity index is 2.30. The number of halogens is 2. The van der Waals surface area contributed by atoms with Gasteiger partial charge in [0.15, 0.2) is 0 Å². The van der Waals surface area contributed by atoms with Crippen LogP contribution in [0.4, 0.5) is 0 Å². The second-order valence-electron chi connectivity index (χ2n) is 4.49. The van der Waals surface area contributed by atoms with Gasteiger partial charge in [-0.3, -0.25) is 0 Å². The van der Waals surface area contributed by atoms with Crippen LogP contribution in [-0.2, 0) is 4.74 Å². The molecule has 0 saturated carbocycles. The normalized spacial score (nSPS) is 10.8. The van der Waals surface area contributed by atoms with Crippen LogP contribution in [0.1, 0.15) is 37.0 Å². The third-order valence-corrected chi connectivity index (χ3v) is 3.70. The van der Waals surface area contributed by atoms with E-state index in [2.05, 4.69) is 18.7 Å². The van der Waals surface area contributed by atoms with Crippen molar-refractivity contribution in [2.75, 3.05) is 26.2 Å². The van der Waals surface area contributed by atoms with Crippen molar-refractivity contribution in [3.05, 3.63) is 33.8 Å². The first-order valence-electron chi connectivity index (χ1n) is 6.93. The van der Waals surface area contributed by atoms with E-state index < -0.39 is 5.97 Å². The Morgan fingerprint density at radius 3 is 2.50 bits per heavy atom. The van der Waals surface area contributed by atoms with Crippen LogP contribution in [0.15, 0.2) is 18.2 Å². The van der Waals surface area contributed by atoms with Crippen molar-refractivity contribution in [1.82, 2.24) is 4.90 Å². The van der Waals surface area contributed by atoms with Crippen LogP contribution in [0.2, 0.25) is 10.0 Å². The number of benzene rings is 1. The number of ether oxygens (including phenoxy) is 1. The zero-order valence-electron chi connectivity index (χ0n) is 12.0. The number of carbonyl (C=O) groups is 1. The lowest BCUT2D eigenvalue weighted by atomic mass is 10.2. The SMILES string of the molecule is CCN(CC)CCCCOC(=O)c1ccc(Cl)cc1Cl. The van der Waals surface area contributed by atoms with E-state index in [1.54, 1.807) is 18.2 Å². The van der Waals surface area contributed by atoms with Crippen molar-refractivity contribution >= 4 is 29.2 Å². The van der Waals surface area contributed by atoms with E-state index in [0.29, 0.717) is 22.2 Å². The topological polar surface area (TPSA) is 29.5 Å². The lowest BCUT2D eigenvalue weighted by molar-refractivity contribution is 0.0495. The standard InChI is InChI=1S/C15H21Cl2NO2/c1-3-18(4-2)9-5-6-10-20-15(19)13-8-7-12(16)11-14(13)17/h7-8,11H,3-6,9-10H2,1-2H3. The summed E-state index contributed by atoms with van der Waals surface area (Å²) < 4.78 is 5.21. The van der Waals surface area contributed by atoms with Gasteiger partial charge in [-0.15, -0.1) is 0 Å². The van der Waals surface area contributed by atoms with Gasteiger partial charge in [-0.1, -0.05) is 37.0 Å². The van der Waals surface area contributed by atoms with Gasteiger partial charge < -0.3 is 9.64 Å². The molecule has 0 heterocycles. The van der Waals surface area contributed by atoms with E-state index in [1.165, 1.54) is 0 Å². The molecule has 0 aliphatic rings. The Labute approximate surface area is 130 Å². The predicted molar refractivity (Wildman–Crippen MR) is 83.8 cm³/mol. The van der Waals surface area contributed by atoms with Crippen molar-refractivity contribution < 1.29 is 9.53 Å². The molecule has 0 fully saturated rings. The predicted octanol–water partition coefficient (Wildman–Crippen LogP) is 4.27. The Kier molecular flexibility index (Phi) is 7.97. The number of unbranched alkanes of at least 4 members (excludes halogenated alkanes) is 1. The molecular weight excluding hydrogens is 297 g/mol. The zero-order chi connectivity index (χ0) is 15.0. The van der Waals surface area contributed by atoms with Gasteiger partial charge in [0.1, 0.15) is 0 Å². The molecule has 0 atom stereocenters. The molecule has 0 amide bonds. The summed E-state index contributed by atoms with van der Waals surface area (Å²) in [6.45, 7) is 7.84. The summed E-state index contributed by atoms with van der Waals surface area (Å²) in [5.74, 6) is -0.394. The Bertz CT molecular complexity index is 434. The van der Waals surface area contributed by atoms with Crippen molar-refractivity contribution in [2.45, 2.75) is 26.7 Å². The monoisotopic (exact) mass is 317 g/mol. The van der Waals surface area contributed by atoms with Crippen molar-refractivity contribution in [2.24, 2.45) is 0 Å². The van der Waals surface area contributed by atoms with E-state index in [0.717, 1.165) is 32.5 Å². The van der Waals surface area contributed by atoms with Gasteiger partial charge >= 0.3 is 5.97 Å². The van der Waals surface area contributed by atoms with E-state index >= 15 is 0 Å². The van der Waals surface area contributed by atoms with Crippen molar-refractivity contribution in [1.29, 1.82) is 0 Å². The van der Waals surface area contributed by atoms with E-state index in [4.69, 9.17) is 27.9 Å². The minimum Gasteiger partial charge on any atom is -0.462 e. The minimum atomic E-state index is -0.394. The highest BCUT2D eigenvalue weighted by molar-refractivity contribution is 6.36. The number of nitrogens with zero attached hydrogens (tertiary/aromatic N) is 1. The maximum absolute atomic E-state index is 11.8. The summed E-state index contributed by atoms with van der Waals surface area (Å²) in [5.41, 5.74) is 0.361. The summed E-state index contributed by atoms with van der Waals surface area (Å²) in [5, 5.41) is 0.830. The fourth-order valence-electron chi connectivity index (χ4n) is 1.87. The lowest BCUT2D eigenvalue weighted by Gasteiger charge is -2.17. The average molecular weight is 318 g/mol. The maximum atomic E-state index is 11.8. The summed E-state index contributed by atoms with van der Waals surface area (Å²) in [4.78, 5) is 14.2. The Morgan fingerprint density at radius 1 is 1.20 bits per heavy atom. The molecule has 0 aromatic heterocycles. The molecule has 20 heavy (non-hydrogen) atoms. The molecule has 0 bridgehead atoms. The zero-order valence-corrected chi connectivity index (χ0v) is 13.5. The molecule has 1 aromatic carbocycles. The summed E-state index contributed by atoms with van der Waals surface area (Å²) in [6.07, 6.45) is 1.87. The number of hydrogen-bond donors (Lipinski definition) is 0. The van der Waals surface area contributed by atoms with Gasteiger partial charge in [-0.2, -0.15) is 0 Å². The van der Waals surface area contributed by atoms with Crippen LogP contribution >= 0.6 is 23.2 Å². The van der Waals surface area contributed by atoms with Gasteiger partial charge in [0.2, 0.25) is 0 Å². The van der Waals surface area contributed by atoms with Gasteiger partial charge in [0.05, 0.1) is 17.2 Å². The molecule has 3 nitrogen and oxygen atoms in total. The fourth-order valence-corrected chi connectivity index (χ4v) is 2.36. The van der Waals surface area contributed by atoms with E-state index in [-0.39, 0.29) is 0 Å². The van der Waals surface area contributed by atoms with E-state index in [9.17, 15) is 4.79 Å². The first-order chi connectivity index (χ1) is 9.58. The molecule has 0 unspecified atom stereocenters. The summed E-state index contributed by atoms with van der Waals surface area (Å²) in [6, 6.07) is 4.76. The van der Waals surface area contributed by atoms with Gasteiger partial charge in [-0.25, -0.2) is 4.79 Å². The number of rotatable bonds is 8. The molecule has 0 aliphatic carbocycles. The molecule has 0 aliphatic heterocycles. The highest BCUT2D eigenvalue weighted by Crippen LogP contribution is 2.21. The Hall–Kier alpha value is -0.770.